The maximum atomic E-state index is 11.4. The Morgan fingerprint density at radius 1 is 1.86 bits per heavy atom. The number of nitrogens with one attached hydrogen (secondary N) is 2. The van der Waals surface area contributed by atoms with Crippen LogP contribution < -0.4 is 11.1 Å². The highest BCUT2D eigenvalue weighted by Gasteiger charge is 2.13. The molecule has 76 valence electrons. The number of aromatic amines is 1. The lowest BCUT2D eigenvalue weighted by Gasteiger charge is -2.10. The Labute approximate surface area is 80.0 Å². The molecule has 0 aliphatic rings. The van der Waals surface area contributed by atoms with Gasteiger partial charge in [-0.15, -0.1) is 0 Å². The van der Waals surface area contributed by atoms with Crippen LogP contribution in [0.2, 0.25) is 0 Å². The minimum Gasteiger partial charge on any atom is -0.409 e. The van der Waals surface area contributed by atoms with Crippen LogP contribution in [-0.4, -0.2) is 33.2 Å². The van der Waals surface area contributed by atoms with Crippen LogP contribution in [-0.2, 0) is 0 Å². The van der Waals surface area contributed by atoms with E-state index in [4.69, 9.17) is 10.9 Å². The van der Waals surface area contributed by atoms with Crippen LogP contribution in [0.1, 0.15) is 17.3 Å². The quantitative estimate of drug-likeness (QED) is 0.221. The van der Waals surface area contributed by atoms with Crippen molar-refractivity contribution >= 4 is 11.7 Å². The zero-order valence-electron chi connectivity index (χ0n) is 7.56. The van der Waals surface area contributed by atoms with E-state index < -0.39 is 6.04 Å². The highest BCUT2D eigenvalue weighted by atomic mass is 16.4. The van der Waals surface area contributed by atoms with Crippen molar-refractivity contribution in [3.05, 3.63) is 18.0 Å². The average molecular weight is 197 g/mol. The number of H-pyrrole nitrogens is 1. The Balaban J connectivity index is 2.58. The van der Waals surface area contributed by atoms with E-state index in [-0.39, 0.29) is 11.7 Å². The molecule has 1 atom stereocenters. The van der Waals surface area contributed by atoms with Crippen molar-refractivity contribution in [3.8, 4) is 0 Å². The lowest BCUT2D eigenvalue weighted by molar-refractivity contribution is 0.0948. The molecular weight excluding hydrogens is 186 g/mol. The highest BCUT2D eigenvalue weighted by Crippen LogP contribution is 1.94. The van der Waals surface area contributed by atoms with Gasteiger partial charge in [0.15, 0.2) is 5.84 Å². The molecule has 1 heterocycles. The van der Waals surface area contributed by atoms with Crippen LogP contribution in [0.3, 0.4) is 0 Å². The predicted octanol–water partition coefficient (Wildman–Crippen LogP) is -0.726. The van der Waals surface area contributed by atoms with Crippen molar-refractivity contribution in [3.63, 3.8) is 0 Å². The number of amides is 1. The molecule has 0 spiro atoms. The standard InChI is InChI=1S/C7H11N5O2/c1-4(6(8)12-14)11-7(13)5-2-9-10-3-5/h2-4,14H,1H3,(H2,8,12)(H,9,10)(H,11,13). The first-order valence-electron chi connectivity index (χ1n) is 3.92. The van der Waals surface area contributed by atoms with Crippen LogP contribution in [0.4, 0.5) is 0 Å². The van der Waals surface area contributed by atoms with E-state index in [2.05, 4.69) is 20.7 Å². The fraction of sp³-hybridized carbons (Fsp3) is 0.286. The first-order valence-corrected chi connectivity index (χ1v) is 3.92. The normalized spacial score (nSPS) is 13.6. The van der Waals surface area contributed by atoms with E-state index in [1.54, 1.807) is 6.92 Å². The third-order valence-corrected chi connectivity index (χ3v) is 1.67. The molecule has 1 amide bonds. The van der Waals surface area contributed by atoms with Crippen molar-refractivity contribution in [1.29, 1.82) is 0 Å². The maximum absolute atomic E-state index is 11.4. The zero-order valence-corrected chi connectivity index (χ0v) is 7.56. The van der Waals surface area contributed by atoms with Gasteiger partial charge in [-0.25, -0.2) is 0 Å². The minimum atomic E-state index is -0.526. The summed E-state index contributed by atoms with van der Waals surface area (Å²) in [5, 5.41) is 19.8. The van der Waals surface area contributed by atoms with Crippen molar-refractivity contribution in [2.75, 3.05) is 0 Å². The molecule has 0 aliphatic carbocycles. The Morgan fingerprint density at radius 3 is 3.07 bits per heavy atom. The van der Waals surface area contributed by atoms with Crippen LogP contribution >= 0.6 is 0 Å². The number of nitrogens with zero attached hydrogens (tertiary/aromatic N) is 2. The minimum absolute atomic E-state index is 0.0538. The van der Waals surface area contributed by atoms with Crippen molar-refractivity contribution in [2.24, 2.45) is 10.9 Å². The molecule has 0 saturated heterocycles. The molecule has 0 saturated carbocycles. The molecular formula is C7H11N5O2. The fourth-order valence-corrected chi connectivity index (χ4v) is 0.816. The first kappa shape index (κ1) is 10.0. The summed E-state index contributed by atoms with van der Waals surface area (Å²) in [6.07, 6.45) is 2.84. The Hall–Kier alpha value is -2.05. The second-order valence-electron chi connectivity index (χ2n) is 2.71. The molecule has 14 heavy (non-hydrogen) atoms. The Morgan fingerprint density at radius 2 is 2.57 bits per heavy atom. The van der Waals surface area contributed by atoms with Gasteiger partial charge in [0.25, 0.3) is 5.91 Å². The summed E-state index contributed by atoms with van der Waals surface area (Å²) in [5.74, 6) is -0.389. The molecule has 0 fully saturated rings. The van der Waals surface area contributed by atoms with Gasteiger partial charge in [-0.05, 0) is 6.92 Å². The van der Waals surface area contributed by atoms with E-state index in [0.29, 0.717) is 5.56 Å². The predicted molar refractivity (Wildman–Crippen MR) is 48.9 cm³/mol. The second kappa shape index (κ2) is 4.26. The molecule has 0 aromatic carbocycles. The van der Waals surface area contributed by atoms with Crippen LogP contribution in [0, 0.1) is 0 Å². The van der Waals surface area contributed by atoms with Gasteiger partial charge in [0.05, 0.1) is 17.8 Å². The lowest BCUT2D eigenvalue weighted by Crippen LogP contribution is -2.42. The first-order chi connectivity index (χ1) is 6.65. The number of amidine groups is 1. The topological polar surface area (TPSA) is 116 Å². The van der Waals surface area contributed by atoms with Crippen LogP contribution in [0.25, 0.3) is 0 Å². The molecule has 1 rings (SSSR count). The second-order valence-corrected chi connectivity index (χ2v) is 2.71. The van der Waals surface area contributed by atoms with Crippen molar-refractivity contribution in [1.82, 2.24) is 15.5 Å². The van der Waals surface area contributed by atoms with E-state index in [9.17, 15) is 4.79 Å². The van der Waals surface area contributed by atoms with E-state index in [0.717, 1.165) is 0 Å². The Bertz CT molecular complexity index is 332. The monoisotopic (exact) mass is 197 g/mol. The summed E-state index contributed by atoms with van der Waals surface area (Å²) >= 11 is 0. The van der Waals surface area contributed by atoms with Crippen molar-refractivity contribution in [2.45, 2.75) is 13.0 Å². The molecule has 1 aromatic rings. The number of carbonyl (C=O) groups is 1. The maximum Gasteiger partial charge on any atom is 0.255 e. The summed E-state index contributed by atoms with van der Waals surface area (Å²) in [4.78, 5) is 11.4. The fourth-order valence-electron chi connectivity index (χ4n) is 0.816. The molecule has 7 nitrogen and oxygen atoms in total. The molecule has 5 N–H and O–H groups in total. The van der Waals surface area contributed by atoms with Gasteiger partial charge in [0, 0.05) is 6.20 Å². The summed E-state index contributed by atoms with van der Waals surface area (Å²) < 4.78 is 0. The van der Waals surface area contributed by atoms with Gasteiger partial charge >= 0.3 is 0 Å². The summed E-state index contributed by atoms with van der Waals surface area (Å²) in [6, 6.07) is -0.526. The SMILES string of the molecule is CC(NC(=O)c1cn[nH]c1)/C(N)=N/O. The van der Waals surface area contributed by atoms with Crippen molar-refractivity contribution < 1.29 is 10.0 Å². The lowest BCUT2D eigenvalue weighted by atomic mass is 10.2. The van der Waals surface area contributed by atoms with Crippen LogP contribution in [0.5, 0.6) is 0 Å². The number of nitrogens with two attached hydrogens (primary N) is 1. The molecule has 1 aromatic heterocycles. The van der Waals surface area contributed by atoms with Gasteiger partial charge < -0.3 is 16.3 Å². The summed E-state index contributed by atoms with van der Waals surface area (Å²) in [5.41, 5.74) is 5.67. The van der Waals surface area contributed by atoms with Gasteiger partial charge in [0.2, 0.25) is 0 Å². The smallest absolute Gasteiger partial charge is 0.255 e. The number of aromatic nitrogens is 2. The summed E-state index contributed by atoms with van der Waals surface area (Å²) in [6.45, 7) is 1.60. The molecule has 1 unspecified atom stereocenters. The number of carbonyl (C=O) groups excluding carboxylic acids is 1. The van der Waals surface area contributed by atoms with Crippen LogP contribution in [0.15, 0.2) is 17.5 Å². The number of hydrogen-bond acceptors (Lipinski definition) is 4. The third kappa shape index (κ3) is 2.22. The molecule has 7 heteroatoms. The summed E-state index contributed by atoms with van der Waals surface area (Å²) in [7, 11) is 0. The number of rotatable bonds is 3. The average Bonchev–Trinajstić information content (AvgIpc) is 2.69. The van der Waals surface area contributed by atoms with Gasteiger partial charge in [-0.2, -0.15) is 5.10 Å². The van der Waals surface area contributed by atoms with Gasteiger partial charge in [-0.3, -0.25) is 9.89 Å². The molecule has 0 aliphatic heterocycles. The van der Waals surface area contributed by atoms with Gasteiger partial charge in [-0.1, -0.05) is 5.16 Å². The molecule has 0 bridgehead atoms. The third-order valence-electron chi connectivity index (χ3n) is 1.67. The van der Waals surface area contributed by atoms with E-state index >= 15 is 0 Å². The van der Waals surface area contributed by atoms with Gasteiger partial charge in [0.1, 0.15) is 0 Å². The van der Waals surface area contributed by atoms with E-state index in [1.165, 1.54) is 12.4 Å². The number of hydrogen-bond donors (Lipinski definition) is 4. The largest absolute Gasteiger partial charge is 0.409 e. The molecule has 0 radical (unpaired) electrons. The zero-order chi connectivity index (χ0) is 10.6. The number of oxime groups is 1. The highest BCUT2D eigenvalue weighted by molar-refractivity contribution is 5.97. The Kier molecular flexibility index (Phi) is 3.05. The van der Waals surface area contributed by atoms with E-state index in [1.807, 2.05) is 0 Å².